The first-order valence-corrected chi connectivity index (χ1v) is 5.87. The van der Waals surface area contributed by atoms with Gasteiger partial charge in [-0.3, -0.25) is 4.79 Å². The molecule has 0 aliphatic heterocycles. The third kappa shape index (κ3) is 3.93. The maximum absolute atomic E-state index is 11.6. The molecule has 0 aliphatic rings. The van der Waals surface area contributed by atoms with Gasteiger partial charge in [0.05, 0.1) is 0 Å². The normalized spacial score (nSPS) is 15.5. The minimum atomic E-state index is -1.49. The van der Waals surface area contributed by atoms with Crippen LogP contribution in [-0.2, 0) is 16.0 Å². The van der Waals surface area contributed by atoms with Crippen LogP contribution < -0.4 is 5.32 Å². The molecule has 2 atom stereocenters. The quantitative estimate of drug-likeness (QED) is 0.180. The number of amides is 1. The van der Waals surface area contributed by atoms with Gasteiger partial charge in [0.2, 0.25) is 5.91 Å². The van der Waals surface area contributed by atoms with Gasteiger partial charge in [-0.1, -0.05) is 13.5 Å². The van der Waals surface area contributed by atoms with Crippen molar-refractivity contribution in [1.29, 1.82) is 0 Å². The molecule has 0 fully saturated rings. The lowest BCUT2D eigenvalue weighted by Crippen LogP contribution is -2.37. The average Bonchev–Trinajstić information content (AvgIpc) is 2.24. The van der Waals surface area contributed by atoms with Crippen molar-refractivity contribution in [1.82, 2.24) is 5.32 Å². The highest BCUT2D eigenvalue weighted by Crippen LogP contribution is 2.12. The molecule has 86 valence electrons. The fraction of sp³-hybridized carbons (Fsp3) is 0.556. The zero-order valence-corrected chi connectivity index (χ0v) is 9.71. The highest BCUT2D eigenvalue weighted by molar-refractivity contribution is 8.06. The average molecular weight is 232 g/mol. The van der Waals surface area contributed by atoms with Crippen molar-refractivity contribution in [2.24, 2.45) is 11.1 Å². The second-order valence-corrected chi connectivity index (χ2v) is 4.26. The Labute approximate surface area is 92.4 Å². The molecular weight excluding hydrogens is 216 g/mol. The van der Waals surface area contributed by atoms with Gasteiger partial charge in [-0.2, -0.15) is 0 Å². The molecule has 15 heavy (non-hydrogen) atoms. The number of rotatable bonds is 5. The summed E-state index contributed by atoms with van der Waals surface area (Å²) in [6, 6.07) is 0. The molecule has 0 spiro atoms. The van der Waals surface area contributed by atoms with Crippen LogP contribution in [0.2, 0.25) is 0 Å². The van der Waals surface area contributed by atoms with Gasteiger partial charge in [0.15, 0.2) is 0 Å². The van der Waals surface area contributed by atoms with E-state index in [0.717, 1.165) is 0 Å². The van der Waals surface area contributed by atoms with Crippen LogP contribution in [0.25, 0.3) is 0 Å². The summed E-state index contributed by atoms with van der Waals surface area (Å²) in [5, 5.41) is 14.1. The van der Waals surface area contributed by atoms with Gasteiger partial charge in [-0.15, -0.1) is 0 Å². The molecule has 0 bridgehead atoms. The van der Waals surface area contributed by atoms with Crippen molar-refractivity contribution in [2.75, 3.05) is 12.8 Å². The van der Waals surface area contributed by atoms with E-state index in [1.807, 2.05) is 0 Å². The molecule has 0 rings (SSSR count). The standard InChI is InChI=1S/C9H16N2O3S/c1-4-6-15(14)9(11-13)7(5-2)8(12)10-3/h4,7,13H,1,5-6H2,2-3H3,(H,10,12)/b11-9-. The van der Waals surface area contributed by atoms with Gasteiger partial charge in [0.25, 0.3) is 5.04 Å². The SMILES string of the molecule is C=CC[S+]([O-])/C(=N\O)C(CC)C(=O)NC. The van der Waals surface area contributed by atoms with Crippen LogP contribution >= 0.6 is 0 Å². The van der Waals surface area contributed by atoms with Crippen LogP contribution in [0.3, 0.4) is 0 Å². The lowest BCUT2D eigenvalue weighted by atomic mass is 10.1. The molecule has 2 unspecified atom stereocenters. The molecule has 0 aromatic rings. The highest BCUT2D eigenvalue weighted by Gasteiger charge is 2.31. The van der Waals surface area contributed by atoms with E-state index in [9.17, 15) is 9.35 Å². The summed E-state index contributed by atoms with van der Waals surface area (Å²) in [6.45, 7) is 5.20. The summed E-state index contributed by atoms with van der Waals surface area (Å²) in [5.41, 5.74) is 0. The van der Waals surface area contributed by atoms with Gasteiger partial charge in [0, 0.05) is 18.2 Å². The van der Waals surface area contributed by atoms with Crippen molar-refractivity contribution < 1.29 is 14.6 Å². The molecule has 0 aromatic heterocycles. The van der Waals surface area contributed by atoms with Crippen molar-refractivity contribution in [3.63, 3.8) is 0 Å². The number of hydrogen-bond acceptors (Lipinski definition) is 4. The van der Waals surface area contributed by atoms with Gasteiger partial charge in [-0.25, -0.2) is 0 Å². The van der Waals surface area contributed by atoms with Gasteiger partial charge < -0.3 is 15.1 Å². The monoisotopic (exact) mass is 232 g/mol. The molecule has 6 heteroatoms. The number of oxime groups is 1. The molecule has 0 aliphatic carbocycles. The van der Waals surface area contributed by atoms with E-state index in [4.69, 9.17) is 5.21 Å². The first kappa shape index (κ1) is 14.0. The first-order chi connectivity index (χ1) is 7.12. The van der Waals surface area contributed by atoms with Crippen LogP contribution in [0.5, 0.6) is 0 Å². The summed E-state index contributed by atoms with van der Waals surface area (Å²) in [7, 11) is 1.48. The Hall–Kier alpha value is -1.01. The lowest BCUT2D eigenvalue weighted by molar-refractivity contribution is -0.122. The van der Waals surface area contributed by atoms with Gasteiger partial charge in [0.1, 0.15) is 11.7 Å². The molecule has 5 nitrogen and oxygen atoms in total. The number of carbonyl (C=O) groups is 1. The fourth-order valence-corrected chi connectivity index (χ4v) is 2.18. The number of nitrogens with one attached hydrogen (secondary N) is 1. The minimum Gasteiger partial charge on any atom is -0.610 e. The molecule has 0 aromatic carbocycles. The van der Waals surface area contributed by atoms with Crippen LogP contribution in [0.15, 0.2) is 17.8 Å². The molecular formula is C9H16N2O3S. The molecule has 0 saturated heterocycles. The summed E-state index contributed by atoms with van der Waals surface area (Å²) in [6.07, 6.45) is 1.89. The maximum atomic E-state index is 11.6. The van der Waals surface area contributed by atoms with E-state index in [0.29, 0.717) is 6.42 Å². The Kier molecular flexibility index (Phi) is 6.81. The maximum Gasteiger partial charge on any atom is 0.267 e. The molecule has 0 saturated carbocycles. The highest BCUT2D eigenvalue weighted by atomic mass is 32.2. The second kappa shape index (κ2) is 7.30. The number of hydrogen-bond donors (Lipinski definition) is 2. The summed E-state index contributed by atoms with van der Waals surface area (Å²) < 4.78 is 11.6. The van der Waals surface area contributed by atoms with Gasteiger partial charge in [-0.05, 0) is 17.7 Å². The predicted octanol–water partition coefficient (Wildman–Crippen LogP) is 0.481. The van der Waals surface area contributed by atoms with E-state index < -0.39 is 17.1 Å². The Morgan fingerprint density at radius 1 is 1.80 bits per heavy atom. The van der Waals surface area contributed by atoms with Crippen molar-refractivity contribution in [3.8, 4) is 0 Å². The predicted molar refractivity (Wildman–Crippen MR) is 60.3 cm³/mol. The van der Waals surface area contributed by atoms with Crippen LogP contribution in [0, 0.1) is 5.92 Å². The Morgan fingerprint density at radius 3 is 2.73 bits per heavy atom. The Balaban J connectivity index is 4.76. The van der Waals surface area contributed by atoms with Crippen LogP contribution in [-0.4, -0.2) is 33.5 Å². The van der Waals surface area contributed by atoms with E-state index >= 15 is 0 Å². The van der Waals surface area contributed by atoms with Crippen molar-refractivity contribution >= 4 is 22.1 Å². The fourth-order valence-electron chi connectivity index (χ4n) is 1.11. The topological polar surface area (TPSA) is 84.8 Å². The Morgan fingerprint density at radius 2 is 2.40 bits per heavy atom. The van der Waals surface area contributed by atoms with Crippen molar-refractivity contribution in [3.05, 3.63) is 12.7 Å². The van der Waals surface area contributed by atoms with Gasteiger partial charge >= 0.3 is 0 Å². The third-order valence-electron chi connectivity index (χ3n) is 1.87. The van der Waals surface area contributed by atoms with Crippen LogP contribution in [0.1, 0.15) is 13.3 Å². The summed E-state index contributed by atoms with van der Waals surface area (Å²) in [5.74, 6) is -0.782. The van der Waals surface area contributed by atoms with Crippen molar-refractivity contribution in [2.45, 2.75) is 13.3 Å². The summed E-state index contributed by atoms with van der Waals surface area (Å²) in [4.78, 5) is 11.4. The third-order valence-corrected chi connectivity index (χ3v) is 3.24. The zero-order valence-electron chi connectivity index (χ0n) is 8.90. The molecule has 1 amide bonds. The molecule has 0 radical (unpaired) electrons. The number of carbonyl (C=O) groups excluding carboxylic acids is 1. The largest absolute Gasteiger partial charge is 0.610 e. The molecule has 2 N–H and O–H groups in total. The lowest BCUT2D eigenvalue weighted by Gasteiger charge is -2.16. The van der Waals surface area contributed by atoms with Crippen LogP contribution in [0.4, 0.5) is 0 Å². The minimum absolute atomic E-state index is 0.00301. The van der Waals surface area contributed by atoms with E-state index in [-0.39, 0.29) is 16.7 Å². The number of nitrogens with zero attached hydrogens (tertiary/aromatic N) is 1. The first-order valence-electron chi connectivity index (χ1n) is 4.55. The smallest absolute Gasteiger partial charge is 0.267 e. The van der Waals surface area contributed by atoms with E-state index in [1.165, 1.54) is 13.1 Å². The Bertz CT molecular complexity index is 256. The summed E-state index contributed by atoms with van der Waals surface area (Å²) >= 11 is -1.49. The van der Waals surface area contributed by atoms with E-state index in [1.54, 1.807) is 6.92 Å². The van der Waals surface area contributed by atoms with E-state index in [2.05, 4.69) is 17.1 Å². The zero-order chi connectivity index (χ0) is 11.8. The molecule has 0 heterocycles. The second-order valence-electron chi connectivity index (χ2n) is 2.81.